The molecule has 44 heavy (non-hydrogen) atoms. The van der Waals surface area contributed by atoms with Crippen LogP contribution in [0.1, 0.15) is 75.0 Å². The number of nitrogens with one attached hydrogen (secondary N) is 1. The Morgan fingerprint density at radius 3 is 2.36 bits per heavy atom. The van der Waals surface area contributed by atoms with E-state index in [2.05, 4.69) is 5.32 Å². The summed E-state index contributed by atoms with van der Waals surface area (Å²) < 4.78 is 49.3. The third-order valence-corrected chi connectivity index (χ3v) is 7.20. The standard InChI is InChI=1S/C32H37F2N3O7/c1-7-42-28(39)22-17-37(19(2)16-36(6)30(41)44-31(3,4)5)26-21(27(22)38)15-23(33)24(25(26)34)32(13-14-32)35-29(40)43-18-20-11-9-8-10-12-20/h8-12,15,17,19H,7,13-14,16,18H2,1-6H3,(H,35,40)/t19-/m0/s1. The minimum Gasteiger partial charge on any atom is -0.462 e. The highest BCUT2D eigenvalue weighted by molar-refractivity contribution is 5.94. The summed E-state index contributed by atoms with van der Waals surface area (Å²) >= 11 is 0. The number of hydrogen-bond donors (Lipinski definition) is 1. The van der Waals surface area contributed by atoms with Gasteiger partial charge in [0.2, 0.25) is 5.43 Å². The van der Waals surface area contributed by atoms with Crippen LogP contribution in [-0.2, 0) is 26.4 Å². The first-order chi connectivity index (χ1) is 20.7. The van der Waals surface area contributed by atoms with Gasteiger partial charge in [-0.2, -0.15) is 0 Å². The predicted octanol–water partition coefficient (Wildman–Crippen LogP) is 5.80. The molecule has 1 N–H and O–H groups in total. The molecule has 12 heteroatoms. The van der Waals surface area contributed by atoms with Crippen LogP contribution in [0.5, 0.6) is 0 Å². The summed E-state index contributed by atoms with van der Waals surface area (Å²) in [6, 6.07) is 9.09. The lowest BCUT2D eigenvalue weighted by atomic mass is 9.99. The highest BCUT2D eigenvalue weighted by Gasteiger charge is 2.50. The van der Waals surface area contributed by atoms with Gasteiger partial charge in [0.15, 0.2) is 5.82 Å². The zero-order valence-electron chi connectivity index (χ0n) is 25.7. The molecule has 1 aliphatic carbocycles. The van der Waals surface area contributed by atoms with Crippen LogP contribution in [0.3, 0.4) is 0 Å². The Balaban J connectivity index is 1.76. The number of aromatic nitrogens is 1. The van der Waals surface area contributed by atoms with E-state index in [1.54, 1.807) is 58.9 Å². The lowest BCUT2D eigenvalue weighted by Crippen LogP contribution is -2.38. The molecule has 2 aromatic carbocycles. The second-order valence-electron chi connectivity index (χ2n) is 11.9. The number of fused-ring (bicyclic) bond motifs is 1. The van der Waals surface area contributed by atoms with Crippen molar-refractivity contribution in [3.8, 4) is 0 Å². The van der Waals surface area contributed by atoms with Gasteiger partial charge >= 0.3 is 18.2 Å². The molecule has 0 radical (unpaired) electrons. The summed E-state index contributed by atoms with van der Waals surface area (Å²) in [5.41, 5.74) is -3.45. The number of pyridine rings is 1. The van der Waals surface area contributed by atoms with E-state index in [0.29, 0.717) is 0 Å². The Labute approximate surface area is 253 Å². The van der Waals surface area contributed by atoms with Crippen LogP contribution in [0.2, 0.25) is 0 Å². The highest BCUT2D eigenvalue weighted by atomic mass is 19.1. The minimum atomic E-state index is -1.40. The van der Waals surface area contributed by atoms with Gasteiger partial charge in [-0.25, -0.2) is 23.2 Å². The first-order valence-electron chi connectivity index (χ1n) is 14.3. The first-order valence-corrected chi connectivity index (χ1v) is 14.3. The Bertz CT molecular complexity index is 1630. The SMILES string of the molecule is CCOC(=O)c1cn([C@@H](C)CN(C)C(=O)OC(C)(C)C)c2c(F)c(C3(NC(=O)OCc4ccccc4)CC3)c(F)cc2c1=O. The van der Waals surface area contributed by atoms with E-state index in [1.165, 1.54) is 16.5 Å². The number of carbonyl (C=O) groups is 3. The first kappa shape index (κ1) is 32.4. The van der Waals surface area contributed by atoms with Crippen molar-refractivity contribution < 1.29 is 37.4 Å². The van der Waals surface area contributed by atoms with Crippen molar-refractivity contribution in [2.24, 2.45) is 0 Å². The number of alkyl carbamates (subject to hydrolysis) is 1. The van der Waals surface area contributed by atoms with E-state index in [-0.39, 0.29) is 43.5 Å². The molecule has 3 aromatic rings. The average Bonchev–Trinajstić information content (AvgIpc) is 3.71. The molecule has 1 saturated carbocycles. The van der Waals surface area contributed by atoms with Crippen LogP contribution >= 0.6 is 0 Å². The molecule has 236 valence electrons. The van der Waals surface area contributed by atoms with E-state index in [4.69, 9.17) is 14.2 Å². The number of likely N-dealkylation sites (N-methyl/N-ethyl adjacent to an activating group) is 1. The molecule has 10 nitrogen and oxygen atoms in total. The van der Waals surface area contributed by atoms with Crippen molar-refractivity contribution in [2.75, 3.05) is 20.2 Å². The number of rotatable bonds is 9. The zero-order chi connectivity index (χ0) is 32.4. The zero-order valence-corrected chi connectivity index (χ0v) is 25.7. The van der Waals surface area contributed by atoms with E-state index in [1.807, 2.05) is 6.07 Å². The van der Waals surface area contributed by atoms with Gasteiger partial charge < -0.3 is 29.0 Å². The number of carbonyl (C=O) groups excluding carboxylic acids is 3. The number of ether oxygens (including phenoxy) is 3. The minimum absolute atomic E-state index is 0.0174. The number of hydrogen-bond acceptors (Lipinski definition) is 7. The number of benzene rings is 2. The normalized spacial score (nSPS) is 14.5. The van der Waals surface area contributed by atoms with Crippen LogP contribution < -0.4 is 10.7 Å². The summed E-state index contributed by atoms with van der Waals surface area (Å²) in [4.78, 5) is 52.7. The fraction of sp³-hybridized carbons (Fsp3) is 0.438. The number of nitrogens with zero attached hydrogens (tertiary/aromatic N) is 2. The second kappa shape index (κ2) is 12.6. The average molecular weight is 614 g/mol. The van der Waals surface area contributed by atoms with Gasteiger partial charge in [-0.3, -0.25) is 4.79 Å². The number of esters is 1. The lowest BCUT2D eigenvalue weighted by molar-refractivity contribution is 0.0279. The summed E-state index contributed by atoms with van der Waals surface area (Å²) in [5, 5.41) is 2.22. The predicted molar refractivity (Wildman–Crippen MR) is 158 cm³/mol. The largest absolute Gasteiger partial charge is 0.462 e. The van der Waals surface area contributed by atoms with Crippen molar-refractivity contribution in [1.82, 2.24) is 14.8 Å². The quantitative estimate of drug-likeness (QED) is 0.240. The van der Waals surface area contributed by atoms with Crippen LogP contribution in [0.4, 0.5) is 18.4 Å². The van der Waals surface area contributed by atoms with Crippen molar-refractivity contribution in [3.63, 3.8) is 0 Å². The van der Waals surface area contributed by atoms with Crippen LogP contribution in [0, 0.1) is 11.6 Å². The van der Waals surface area contributed by atoms with Gasteiger partial charge in [-0.05, 0) is 59.1 Å². The van der Waals surface area contributed by atoms with Crippen molar-refractivity contribution in [1.29, 1.82) is 0 Å². The molecular formula is C32H37F2N3O7. The van der Waals surface area contributed by atoms with Gasteiger partial charge in [0.25, 0.3) is 0 Å². The van der Waals surface area contributed by atoms with Gasteiger partial charge in [-0.15, -0.1) is 0 Å². The summed E-state index contributed by atoms with van der Waals surface area (Å²) in [6.45, 7) is 8.28. The number of amides is 2. The molecule has 1 aliphatic rings. The Hall–Kier alpha value is -4.48. The molecule has 1 aromatic heterocycles. The third-order valence-electron chi connectivity index (χ3n) is 7.20. The smallest absolute Gasteiger partial charge is 0.410 e. The second-order valence-corrected chi connectivity index (χ2v) is 11.9. The van der Waals surface area contributed by atoms with Gasteiger partial charge in [0, 0.05) is 25.8 Å². The van der Waals surface area contributed by atoms with E-state index in [0.717, 1.165) is 17.8 Å². The topological polar surface area (TPSA) is 116 Å². The molecule has 1 atom stereocenters. The maximum absolute atomic E-state index is 16.6. The molecular weight excluding hydrogens is 576 g/mol. The molecule has 0 aliphatic heterocycles. The van der Waals surface area contributed by atoms with Crippen molar-refractivity contribution >= 4 is 29.1 Å². The Kier molecular flexibility index (Phi) is 9.31. The molecule has 1 heterocycles. The molecule has 2 amide bonds. The van der Waals surface area contributed by atoms with Crippen LogP contribution in [0.25, 0.3) is 10.9 Å². The molecule has 0 saturated heterocycles. The summed E-state index contributed by atoms with van der Waals surface area (Å²) in [6.07, 6.45) is 0.126. The fourth-order valence-electron chi connectivity index (χ4n) is 5.00. The Morgan fingerprint density at radius 2 is 1.77 bits per heavy atom. The maximum Gasteiger partial charge on any atom is 0.410 e. The maximum atomic E-state index is 16.6. The summed E-state index contributed by atoms with van der Waals surface area (Å²) in [5.74, 6) is -3.08. The summed E-state index contributed by atoms with van der Waals surface area (Å²) in [7, 11) is 1.49. The van der Waals surface area contributed by atoms with Crippen molar-refractivity contribution in [3.05, 3.63) is 81.1 Å². The van der Waals surface area contributed by atoms with Gasteiger partial charge in [0.1, 0.15) is 23.6 Å². The third kappa shape index (κ3) is 7.00. The molecule has 0 spiro atoms. The molecule has 0 unspecified atom stereocenters. The Morgan fingerprint density at radius 1 is 1.11 bits per heavy atom. The number of halogens is 2. The monoisotopic (exact) mass is 613 g/mol. The lowest BCUT2D eigenvalue weighted by Gasteiger charge is -2.28. The molecule has 4 rings (SSSR count). The fourth-order valence-corrected chi connectivity index (χ4v) is 5.00. The van der Waals surface area contributed by atoms with Crippen LogP contribution in [0.15, 0.2) is 47.4 Å². The van der Waals surface area contributed by atoms with Crippen LogP contribution in [-0.4, -0.2) is 53.4 Å². The van der Waals surface area contributed by atoms with E-state index < -0.39 is 63.5 Å². The van der Waals surface area contributed by atoms with E-state index >= 15 is 8.78 Å². The van der Waals surface area contributed by atoms with E-state index in [9.17, 15) is 19.2 Å². The molecule has 1 fully saturated rings. The van der Waals surface area contributed by atoms with Gasteiger partial charge in [-0.1, -0.05) is 30.3 Å². The highest BCUT2D eigenvalue weighted by Crippen LogP contribution is 2.48. The van der Waals surface area contributed by atoms with Crippen molar-refractivity contribution in [2.45, 2.75) is 71.2 Å². The molecule has 0 bridgehead atoms. The van der Waals surface area contributed by atoms with Gasteiger partial charge in [0.05, 0.1) is 28.6 Å².